The molecule has 1 aliphatic heterocycles. The van der Waals surface area contributed by atoms with E-state index in [1.165, 1.54) is 11.1 Å². The second kappa shape index (κ2) is 4.35. The van der Waals surface area contributed by atoms with Gasteiger partial charge in [-0.1, -0.05) is 24.3 Å². The van der Waals surface area contributed by atoms with Crippen LogP contribution in [0.5, 0.6) is 0 Å². The van der Waals surface area contributed by atoms with Gasteiger partial charge in [0.25, 0.3) is 0 Å². The highest BCUT2D eigenvalue weighted by Crippen LogP contribution is 2.50. The van der Waals surface area contributed by atoms with Crippen molar-refractivity contribution in [2.75, 3.05) is 18.0 Å². The number of piperidine rings is 1. The summed E-state index contributed by atoms with van der Waals surface area (Å²) in [5.74, 6) is 1.13. The van der Waals surface area contributed by atoms with E-state index in [4.69, 9.17) is 5.73 Å². The number of fused-ring (bicyclic) bond motifs is 1. The van der Waals surface area contributed by atoms with Crippen LogP contribution >= 0.6 is 0 Å². The monoisotopic (exact) mass is 268 g/mol. The number of nitrogens with two attached hydrogens (primary N) is 1. The van der Waals surface area contributed by atoms with Crippen molar-refractivity contribution >= 4 is 5.82 Å². The van der Waals surface area contributed by atoms with E-state index in [2.05, 4.69) is 39.1 Å². The van der Waals surface area contributed by atoms with Crippen molar-refractivity contribution in [1.29, 1.82) is 0 Å². The zero-order valence-electron chi connectivity index (χ0n) is 11.5. The summed E-state index contributed by atoms with van der Waals surface area (Å²) in [4.78, 5) is 9.69. The molecule has 1 aliphatic carbocycles. The van der Waals surface area contributed by atoms with Crippen LogP contribution < -0.4 is 10.6 Å². The molecular formula is C16H20N4. The number of nitrogens with one attached hydrogen (secondary N) is 1. The van der Waals surface area contributed by atoms with E-state index < -0.39 is 0 Å². The van der Waals surface area contributed by atoms with Gasteiger partial charge in [0, 0.05) is 19.1 Å². The Hall–Kier alpha value is -1.81. The molecule has 2 aliphatic rings. The van der Waals surface area contributed by atoms with E-state index in [1.807, 2.05) is 6.20 Å². The van der Waals surface area contributed by atoms with Crippen LogP contribution in [-0.4, -0.2) is 23.1 Å². The van der Waals surface area contributed by atoms with E-state index >= 15 is 0 Å². The lowest BCUT2D eigenvalue weighted by atomic mass is 9.73. The van der Waals surface area contributed by atoms with Gasteiger partial charge in [-0.2, -0.15) is 0 Å². The quantitative estimate of drug-likeness (QED) is 0.834. The van der Waals surface area contributed by atoms with Gasteiger partial charge in [0.15, 0.2) is 0 Å². The Morgan fingerprint density at radius 1 is 1.25 bits per heavy atom. The minimum absolute atomic E-state index is 0.197. The van der Waals surface area contributed by atoms with Gasteiger partial charge in [-0.25, -0.2) is 4.98 Å². The maximum Gasteiger partial charge on any atom is 0.125 e. The SMILES string of the molecule is NC1c2ccccc2CC12CCN(c1cnc[nH]1)CC2. The van der Waals surface area contributed by atoms with Gasteiger partial charge in [-0.05, 0) is 35.8 Å². The van der Waals surface area contributed by atoms with Gasteiger partial charge >= 0.3 is 0 Å². The Morgan fingerprint density at radius 2 is 2.05 bits per heavy atom. The molecule has 1 spiro atoms. The molecule has 4 nitrogen and oxygen atoms in total. The first kappa shape index (κ1) is 12.0. The summed E-state index contributed by atoms with van der Waals surface area (Å²) in [6.45, 7) is 2.12. The van der Waals surface area contributed by atoms with Gasteiger partial charge in [0.2, 0.25) is 0 Å². The molecule has 104 valence electrons. The first-order chi connectivity index (χ1) is 9.78. The van der Waals surface area contributed by atoms with Crippen molar-refractivity contribution in [2.45, 2.75) is 25.3 Å². The molecule has 2 heterocycles. The van der Waals surface area contributed by atoms with Crippen LogP contribution in [0, 0.1) is 5.41 Å². The first-order valence-corrected chi connectivity index (χ1v) is 7.35. The summed E-state index contributed by atoms with van der Waals surface area (Å²) in [5, 5.41) is 0. The predicted octanol–water partition coefficient (Wildman–Crippen LogP) is 2.25. The van der Waals surface area contributed by atoms with Crippen LogP contribution in [0.1, 0.15) is 30.0 Å². The Kier molecular flexibility index (Phi) is 2.60. The second-order valence-corrected chi connectivity index (χ2v) is 6.14. The minimum atomic E-state index is 0.197. The molecule has 1 atom stereocenters. The lowest BCUT2D eigenvalue weighted by molar-refractivity contribution is 0.187. The third-order valence-corrected chi connectivity index (χ3v) is 5.18. The molecule has 4 heteroatoms. The summed E-state index contributed by atoms with van der Waals surface area (Å²) >= 11 is 0. The molecule has 20 heavy (non-hydrogen) atoms. The fourth-order valence-electron chi connectivity index (χ4n) is 3.92. The third-order valence-electron chi connectivity index (χ3n) is 5.18. The van der Waals surface area contributed by atoms with Gasteiger partial charge < -0.3 is 15.6 Å². The molecule has 0 radical (unpaired) electrons. The number of anilines is 1. The van der Waals surface area contributed by atoms with E-state index in [9.17, 15) is 0 Å². The smallest absolute Gasteiger partial charge is 0.125 e. The van der Waals surface area contributed by atoms with E-state index in [-0.39, 0.29) is 11.5 Å². The maximum absolute atomic E-state index is 6.58. The number of hydrogen-bond acceptors (Lipinski definition) is 3. The third kappa shape index (κ3) is 1.68. The number of aromatic nitrogens is 2. The van der Waals surface area contributed by atoms with E-state index in [0.29, 0.717) is 0 Å². The molecule has 1 fully saturated rings. The van der Waals surface area contributed by atoms with Gasteiger partial charge in [0.1, 0.15) is 5.82 Å². The topological polar surface area (TPSA) is 57.9 Å². The second-order valence-electron chi connectivity index (χ2n) is 6.14. The zero-order chi connectivity index (χ0) is 13.6. The molecular weight excluding hydrogens is 248 g/mol. The summed E-state index contributed by atoms with van der Waals surface area (Å²) in [6.07, 6.45) is 7.10. The number of hydrogen-bond donors (Lipinski definition) is 2. The summed E-state index contributed by atoms with van der Waals surface area (Å²) in [5.41, 5.74) is 9.66. The van der Waals surface area contributed by atoms with Crippen LogP contribution in [0.4, 0.5) is 5.82 Å². The van der Waals surface area contributed by atoms with Crippen molar-refractivity contribution in [2.24, 2.45) is 11.1 Å². The number of rotatable bonds is 1. The fraction of sp³-hybridized carbons (Fsp3) is 0.438. The van der Waals surface area contributed by atoms with Crippen molar-refractivity contribution < 1.29 is 0 Å². The largest absolute Gasteiger partial charge is 0.357 e. The zero-order valence-corrected chi connectivity index (χ0v) is 11.5. The minimum Gasteiger partial charge on any atom is -0.357 e. The van der Waals surface area contributed by atoms with Gasteiger partial charge in [-0.3, -0.25) is 0 Å². The average Bonchev–Trinajstić information content (AvgIpc) is 3.09. The molecule has 1 unspecified atom stereocenters. The number of H-pyrrole nitrogens is 1. The van der Waals surface area contributed by atoms with Crippen molar-refractivity contribution in [1.82, 2.24) is 9.97 Å². The Labute approximate surface area is 119 Å². The summed E-state index contributed by atoms with van der Waals surface area (Å²) in [7, 11) is 0. The summed E-state index contributed by atoms with van der Waals surface area (Å²) in [6, 6.07) is 8.88. The normalized spacial score (nSPS) is 24.1. The van der Waals surface area contributed by atoms with Gasteiger partial charge in [-0.15, -0.1) is 0 Å². The molecule has 1 aromatic heterocycles. The molecule has 2 aromatic rings. The van der Waals surface area contributed by atoms with Gasteiger partial charge in [0.05, 0.1) is 12.5 Å². The van der Waals surface area contributed by atoms with Crippen LogP contribution in [0.15, 0.2) is 36.8 Å². The van der Waals surface area contributed by atoms with Crippen LogP contribution in [0.25, 0.3) is 0 Å². The number of imidazole rings is 1. The maximum atomic E-state index is 6.58. The number of aromatic amines is 1. The summed E-state index contributed by atoms with van der Waals surface area (Å²) < 4.78 is 0. The Bertz CT molecular complexity index is 597. The molecule has 1 aromatic carbocycles. The van der Waals surface area contributed by atoms with E-state index in [0.717, 1.165) is 38.2 Å². The molecule has 0 amide bonds. The molecule has 0 saturated carbocycles. The number of benzene rings is 1. The molecule has 1 saturated heterocycles. The number of nitrogens with zero attached hydrogens (tertiary/aromatic N) is 2. The Morgan fingerprint density at radius 3 is 2.75 bits per heavy atom. The van der Waals surface area contributed by atoms with Crippen LogP contribution in [-0.2, 0) is 6.42 Å². The van der Waals surface area contributed by atoms with Crippen LogP contribution in [0.3, 0.4) is 0 Å². The average molecular weight is 268 g/mol. The Balaban J connectivity index is 1.55. The highest BCUT2D eigenvalue weighted by molar-refractivity contribution is 5.41. The lowest BCUT2D eigenvalue weighted by Crippen LogP contribution is -2.44. The fourth-order valence-corrected chi connectivity index (χ4v) is 3.92. The van der Waals surface area contributed by atoms with Crippen molar-refractivity contribution in [3.63, 3.8) is 0 Å². The van der Waals surface area contributed by atoms with Crippen molar-refractivity contribution in [3.8, 4) is 0 Å². The standard InChI is InChI=1S/C16H20N4/c17-15-13-4-2-1-3-12(13)9-16(15)5-7-20(8-6-16)14-10-18-11-19-14/h1-4,10-11,15H,5-9,17H2,(H,18,19). The molecule has 4 rings (SSSR count). The lowest BCUT2D eigenvalue weighted by Gasteiger charge is -2.42. The highest BCUT2D eigenvalue weighted by atomic mass is 15.2. The molecule has 3 N–H and O–H groups in total. The first-order valence-electron chi connectivity index (χ1n) is 7.35. The highest BCUT2D eigenvalue weighted by Gasteiger charge is 2.45. The predicted molar refractivity (Wildman–Crippen MR) is 79.5 cm³/mol. The van der Waals surface area contributed by atoms with Crippen LogP contribution in [0.2, 0.25) is 0 Å². The molecule has 0 bridgehead atoms. The van der Waals surface area contributed by atoms with E-state index in [1.54, 1.807) is 6.33 Å². The van der Waals surface area contributed by atoms with Crippen molar-refractivity contribution in [3.05, 3.63) is 47.9 Å².